The molecule has 2 N–H and O–H groups in total. The van der Waals surface area contributed by atoms with Crippen LogP contribution in [0, 0.1) is 0 Å². The first-order valence-corrected chi connectivity index (χ1v) is 6.87. The lowest BCUT2D eigenvalue weighted by atomic mass is 10.3. The molecule has 0 unspecified atom stereocenters. The Kier molecular flexibility index (Phi) is 2.64. The molecule has 0 amide bonds. The van der Waals surface area contributed by atoms with Crippen LogP contribution in [0.2, 0.25) is 0 Å². The zero-order chi connectivity index (χ0) is 14.4. The van der Waals surface area contributed by atoms with Gasteiger partial charge >= 0.3 is 0 Å². The molecule has 8 heteroatoms. The van der Waals surface area contributed by atoms with Crippen LogP contribution >= 0.6 is 0 Å². The van der Waals surface area contributed by atoms with Crippen molar-refractivity contribution in [2.75, 3.05) is 12.3 Å². The summed E-state index contributed by atoms with van der Waals surface area (Å²) in [5, 5.41) is 4.98. The molecule has 0 saturated carbocycles. The van der Waals surface area contributed by atoms with Gasteiger partial charge in [0.25, 0.3) is 0 Å². The number of hydrogen-bond donors (Lipinski definition) is 1. The molecule has 8 nitrogen and oxygen atoms in total. The van der Waals surface area contributed by atoms with E-state index in [1.165, 1.54) is 0 Å². The molecule has 0 bridgehead atoms. The molecule has 3 aromatic rings. The van der Waals surface area contributed by atoms with E-state index >= 15 is 0 Å². The number of nitrogen functional groups attached to an aromatic ring is 1. The fourth-order valence-corrected chi connectivity index (χ4v) is 2.72. The van der Waals surface area contributed by atoms with E-state index in [0.717, 1.165) is 42.3 Å². The lowest BCUT2D eigenvalue weighted by Crippen LogP contribution is -2.33. The Bertz CT molecular complexity index is 802. The standard InChI is InChI=1S/C13H16N8/c1-19-13-9(6-16-19)12(14)17-10(18-13)7-20-4-5-21-3-2-15-11(21)8-20/h2-3,6H,4-5,7-8H2,1H3,(H2,14,17,18). The second-order valence-corrected chi connectivity index (χ2v) is 5.28. The van der Waals surface area contributed by atoms with Crippen LogP contribution < -0.4 is 5.73 Å². The van der Waals surface area contributed by atoms with Crippen LogP contribution in [0.3, 0.4) is 0 Å². The maximum Gasteiger partial charge on any atom is 0.163 e. The Labute approximate surface area is 121 Å². The van der Waals surface area contributed by atoms with Gasteiger partial charge in [-0.15, -0.1) is 0 Å². The quantitative estimate of drug-likeness (QED) is 0.720. The van der Waals surface area contributed by atoms with E-state index in [1.54, 1.807) is 10.9 Å². The molecule has 4 rings (SSSR count). The number of rotatable bonds is 2. The van der Waals surface area contributed by atoms with E-state index in [1.807, 2.05) is 19.4 Å². The van der Waals surface area contributed by atoms with Gasteiger partial charge in [0.2, 0.25) is 0 Å². The van der Waals surface area contributed by atoms with Crippen molar-refractivity contribution in [1.82, 2.24) is 34.2 Å². The van der Waals surface area contributed by atoms with Gasteiger partial charge in [-0.05, 0) is 0 Å². The molecular formula is C13H16N8. The minimum absolute atomic E-state index is 0.488. The monoisotopic (exact) mass is 284 g/mol. The summed E-state index contributed by atoms with van der Waals surface area (Å²) in [6, 6.07) is 0. The number of imidazole rings is 1. The molecular weight excluding hydrogens is 268 g/mol. The highest BCUT2D eigenvalue weighted by atomic mass is 15.3. The smallest absolute Gasteiger partial charge is 0.163 e. The van der Waals surface area contributed by atoms with Crippen LogP contribution in [-0.2, 0) is 26.7 Å². The van der Waals surface area contributed by atoms with E-state index in [-0.39, 0.29) is 0 Å². The summed E-state index contributed by atoms with van der Waals surface area (Å²) in [4.78, 5) is 15.6. The summed E-state index contributed by atoms with van der Waals surface area (Å²) in [5.41, 5.74) is 6.77. The van der Waals surface area contributed by atoms with Crippen LogP contribution in [0.25, 0.3) is 11.0 Å². The minimum atomic E-state index is 0.488. The average Bonchev–Trinajstić information content (AvgIpc) is 3.06. The molecule has 0 aromatic carbocycles. The minimum Gasteiger partial charge on any atom is -0.383 e. The Balaban J connectivity index is 1.61. The van der Waals surface area contributed by atoms with Gasteiger partial charge in [-0.3, -0.25) is 9.58 Å². The Morgan fingerprint density at radius 3 is 3.10 bits per heavy atom. The number of anilines is 1. The maximum atomic E-state index is 6.00. The normalized spacial score (nSPS) is 15.5. The Morgan fingerprint density at radius 1 is 1.29 bits per heavy atom. The number of fused-ring (bicyclic) bond motifs is 2. The van der Waals surface area contributed by atoms with Gasteiger partial charge in [-0.1, -0.05) is 0 Å². The molecule has 0 spiro atoms. The Morgan fingerprint density at radius 2 is 2.19 bits per heavy atom. The zero-order valence-electron chi connectivity index (χ0n) is 11.8. The number of aryl methyl sites for hydroxylation is 1. The van der Waals surface area contributed by atoms with Gasteiger partial charge in [-0.2, -0.15) is 5.10 Å². The highest BCUT2D eigenvalue weighted by Crippen LogP contribution is 2.18. The summed E-state index contributed by atoms with van der Waals surface area (Å²) >= 11 is 0. The summed E-state index contributed by atoms with van der Waals surface area (Å²) in [5.74, 6) is 2.29. The number of aromatic nitrogens is 6. The van der Waals surface area contributed by atoms with E-state index in [4.69, 9.17) is 5.73 Å². The summed E-state index contributed by atoms with van der Waals surface area (Å²) in [6.45, 7) is 3.37. The van der Waals surface area contributed by atoms with Crippen LogP contribution in [0.1, 0.15) is 11.6 Å². The third-order valence-corrected chi connectivity index (χ3v) is 3.86. The van der Waals surface area contributed by atoms with Gasteiger partial charge in [0.1, 0.15) is 17.5 Å². The van der Waals surface area contributed by atoms with Gasteiger partial charge in [0.05, 0.1) is 24.7 Å². The molecule has 0 radical (unpaired) electrons. The number of nitrogens with zero attached hydrogens (tertiary/aromatic N) is 7. The third kappa shape index (κ3) is 2.04. The predicted molar refractivity (Wildman–Crippen MR) is 77.1 cm³/mol. The molecule has 1 aliphatic rings. The van der Waals surface area contributed by atoms with Crippen molar-refractivity contribution in [2.24, 2.45) is 7.05 Å². The van der Waals surface area contributed by atoms with E-state index in [2.05, 4.69) is 29.5 Å². The van der Waals surface area contributed by atoms with Gasteiger partial charge in [-0.25, -0.2) is 15.0 Å². The summed E-state index contributed by atoms with van der Waals surface area (Å²) < 4.78 is 3.90. The summed E-state index contributed by atoms with van der Waals surface area (Å²) in [7, 11) is 1.86. The molecule has 0 fully saturated rings. The molecule has 0 aliphatic carbocycles. The second-order valence-electron chi connectivity index (χ2n) is 5.28. The molecule has 108 valence electrons. The first-order chi connectivity index (χ1) is 10.2. The zero-order valence-corrected chi connectivity index (χ0v) is 11.8. The van der Waals surface area contributed by atoms with Crippen LogP contribution in [0.4, 0.5) is 5.82 Å². The van der Waals surface area contributed by atoms with Crippen molar-refractivity contribution < 1.29 is 0 Å². The molecule has 3 aromatic heterocycles. The SMILES string of the molecule is Cn1ncc2c(N)nc(CN3CCn4ccnc4C3)nc21. The maximum absolute atomic E-state index is 6.00. The largest absolute Gasteiger partial charge is 0.383 e. The highest BCUT2D eigenvalue weighted by Gasteiger charge is 2.18. The van der Waals surface area contributed by atoms with Crippen molar-refractivity contribution >= 4 is 16.9 Å². The lowest BCUT2D eigenvalue weighted by molar-refractivity contribution is 0.204. The van der Waals surface area contributed by atoms with E-state index in [0.29, 0.717) is 12.4 Å². The molecule has 21 heavy (non-hydrogen) atoms. The van der Waals surface area contributed by atoms with Crippen LogP contribution in [-0.4, -0.2) is 40.7 Å². The van der Waals surface area contributed by atoms with Crippen molar-refractivity contribution in [3.63, 3.8) is 0 Å². The molecule has 4 heterocycles. The first kappa shape index (κ1) is 12.3. The van der Waals surface area contributed by atoms with Crippen molar-refractivity contribution in [3.8, 4) is 0 Å². The first-order valence-electron chi connectivity index (χ1n) is 6.87. The Hall–Kier alpha value is -2.48. The second kappa shape index (κ2) is 4.52. The van der Waals surface area contributed by atoms with Gasteiger partial charge in [0, 0.05) is 32.5 Å². The van der Waals surface area contributed by atoms with Crippen molar-refractivity contribution in [2.45, 2.75) is 19.6 Å². The van der Waals surface area contributed by atoms with Crippen LogP contribution in [0.5, 0.6) is 0 Å². The lowest BCUT2D eigenvalue weighted by Gasteiger charge is -2.26. The number of hydrogen-bond acceptors (Lipinski definition) is 6. The molecule has 1 aliphatic heterocycles. The molecule has 0 saturated heterocycles. The fraction of sp³-hybridized carbons (Fsp3) is 0.385. The number of nitrogens with two attached hydrogens (primary N) is 1. The third-order valence-electron chi connectivity index (χ3n) is 3.86. The van der Waals surface area contributed by atoms with E-state index < -0.39 is 0 Å². The topological polar surface area (TPSA) is 90.7 Å². The molecule has 0 atom stereocenters. The van der Waals surface area contributed by atoms with E-state index in [9.17, 15) is 0 Å². The van der Waals surface area contributed by atoms with Gasteiger partial charge in [0.15, 0.2) is 5.65 Å². The summed E-state index contributed by atoms with van der Waals surface area (Å²) in [6.07, 6.45) is 5.56. The average molecular weight is 284 g/mol. The van der Waals surface area contributed by atoms with Crippen molar-refractivity contribution in [1.29, 1.82) is 0 Å². The fourth-order valence-electron chi connectivity index (χ4n) is 2.72. The highest BCUT2D eigenvalue weighted by molar-refractivity contribution is 5.84. The van der Waals surface area contributed by atoms with Gasteiger partial charge < -0.3 is 10.3 Å². The van der Waals surface area contributed by atoms with Crippen LogP contribution in [0.15, 0.2) is 18.6 Å². The predicted octanol–water partition coefficient (Wildman–Crippen LogP) is 0.158. The van der Waals surface area contributed by atoms with Crippen molar-refractivity contribution in [3.05, 3.63) is 30.2 Å².